The molecule has 1 aliphatic carbocycles. The molecular formula is C30H38ClF2N7O2. The maximum absolute atomic E-state index is 15.0. The maximum Gasteiger partial charge on any atom is 0.262 e. The number of halogens is 3. The fraction of sp³-hybridized carbons (Fsp3) is 0.567. The van der Waals surface area contributed by atoms with Crippen LogP contribution in [0.15, 0.2) is 24.9 Å². The van der Waals surface area contributed by atoms with Gasteiger partial charge in [0.25, 0.3) is 6.43 Å². The summed E-state index contributed by atoms with van der Waals surface area (Å²) in [6, 6.07) is 2.05. The lowest BCUT2D eigenvalue weighted by atomic mass is 9.60. The maximum atomic E-state index is 15.0. The van der Waals surface area contributed by atoms with E-state index in [4.69, 9.17) is 21.4 Å². The van der Waals surface area contributed by atoms with Crippen molar-refractivity contribution in [3.8, 4) is 11.1 Å². The lowest BCUT2D eigenvalue weighted by Crippen LogP contribution is -2.65. The highest BCUT2D eigenvalue weighted by Gasteiger charge is 2.55. The van der Waals surface area contributed by atoms with Gasteiger partial charge in [-0.3, -0.25) is 19.5 Å². The minimum Gasteiger partial charge on any atom is -0.383 e. The first-order valence-corrected chi connectivity index (χ1v) is 14.8. The summed E-state index contributed by atoms with van der Waals surface area (Å²) in [6.07, 6.45) is 2.22. The fourth-order valence-electron chi connectivity index (χ4n) is 7.26. The molecule has 1 aromatic carbocycles. The highest BCUT2D eigenvalue weighted by molar-refractivity contribution is 6.36. The number of hydrogen-bond donors (Lipinski definition) is 1. The van der Waals surface area contributed by atoms with Crippen LogP contribution < -0.4 is 4.90 Å². The predicted molar refractivity (Wildman–Crippen MR) is 159 cm³/mol. The van der Waals surface area contributed by atoms with Crippen LogP contribution in [0.1, 0.15) is 37.1 Å². The van der Waals surface area contributed by atoms with Crippen LogP contribution >= 0.6 is 11.6 Å². The van der Waals surface area contributed by atoms with Crippen molar-refractivity contribution in [3.05, 3.63) is 41.2 Å². The molecule has 2 saturated heterocycles. The first-order valence-electron chi connectivity index (χ1n) is 14.4. The summed E-state index contributed by atoms with van der Waals surface area (Å²) in [5, 5.41) is 13.8. The largest absolute Gasteiger partial charge is 0.383 e. The molecule has 226 valence electrons. The molecule has 0 unspecified atom stereocenters. The Hall–Kier alpha value is -3.02. The summed E-state index contributed by atoms with van der Waals surface area (Å²) < 4.78 is 37.3. The van der Waals surface area contributed by atoms with Crippen LogP contribution in [0.5, 0.6) is 0 Å². The molecule has 6 rings (SSSR count). The van der Waals surface area contributed by atoms with Crippen molar-refractivity contribution in [2.45, 2.75) is 51.6 Å². The van der Waals surface area contributed by atoms with E-state index in [1.807, 2.05) is 34.4 Å². The number of carbonyl (C=O) groups is 1. The summed E-state index contributed by atoms with van der Waals surface area (Å²) in [4.78, 5) is 17.7. The lowest BCUT2D eigenvalue weighted by molar-refractivity contribution is -0.149. The number of H-pyrrole nitrogens is 1. The number of hydrogen-bond acceptors (Lipinski definition) is 6. The summed E-state index contributed by atoms with van der Waals surface area (Å²) in [7, 11) is 1.62. The van der Waals surface area contributed by atoms with E-state index in [-0.39, 0.29) is 23.9 Å². The van der Waals surface area contributed by atoms with Gasteiger partial charge in [-0.2, -0.15) is 10.2 Å². The Morgan fingerprint density at radius 2 is 2.00 bits per heavy atom. The molecule has 1 saturated carbocycles. The molecule has 4 heterocycles. The van der Waals surface area contributed by atoms with Crippen LogP contribution in [-0.2, 0) is 9.53 Å². The summed E-state index contributed by atoms with van der Waals surface area (Å²) in [5.41, 5.74) is 2.71. The van der Waals surface area contributed by atoms with Gasteiger partial charge < -0.3 is 14.5 Å². The van der Waals surface area contributed by atoms with E-state index in [0.717, 1.165) is 46.1 Å². The summed E-state index contributed by atoms with van der Waals surface area (Å²) in [6.45, 7) is 12.8. The van der Waals surface area contributed by atoms with Gasteiger partial charge in [-0.1, -0.05) is 18.2 Å². The molecule has 9 nitrogen and oxygen atoms in total. The Morgan fingerprint density at radius 3 is 2.67 bits per heavy atom. The zero-order chi connectivity index (χ0) is 30.0. The second-order valence-corrected chi connectivity index (χ2v) is 12.9. The second-order valence-electron chi connectivity index (χ2n) is 12.5. The van der Waals surface area contributed by atoms with Crippen LogP contribution in [0, 0.1) is 19.3 Å². The van der Waals surface area contributed by atoms with Gasteiger partial charge in [0.05, 0.1) is 29.4 Å². The topological polar surface area (TPSA) is 82.5 Å². The van der Waals surface area contributed by atoms with Crippen molar-refractivity contribution >= 4 is 34.2 Å². The van der Waals surface area contributed by atoms with Crippen molar-refractivity contribution in [3.63, 3.8) is 0 Å². The molecule has 2 aliphatic heterocycles. The third-order valence-corrected chi connectivity index (χ3v) is 10.1. The quantitative estimate of drug-likeness (QED) is 0.372. The van der Waals surface area contributed by atoms with Crippen molar-refractivity contribution in [1.29, 1.82) is 0 Å². The first-order chi connectivity index (χ1) is 20.0. The Kier molecular flexibility index (Phi) is 7.34. The number of fused-ring (bicyclic) bond motifs is 1. The Labute approximate surface area is 249 Å². The minimum absolute atomic E-state index is 0.0435. The molecule has 0 radical (unpaired) electrons. The number of nitrogens with zero attached hydrogens (tertiary/aromatic N) is 6. The minimum atomic E-state index is -2.61. The number of alkyl halides is 2. The summed E-state index contributed by atoms with van der Waals surface area (Å²) >= 11 is 7.02. The van der Waals surface area contributed by atoms with Crippen LogP contribution in [0.2, 0.25) is 5.02 Å². The second kappa shape index (κ2) is 10.6. The van der Waals surface area contributed by atoms with Crippen molar-refractivity contribution < 1.29 is 18.3 Å². The Bertz CT molecular complexity index is 1520. The number of aromatic nitrogens is 4. The van der Waals surface area contributed by atoms with Gasteiger partial charge in [0.2, 0.25) is 5.91 Å². The number of anilines is 1. The molecule has 1 spiro atoms. The number of ether oxygens (including phenoxy) is 1. The number of aryl methyl sites for hydroxylation is 1. The highest BCUT2D eigenvalue weighted by Crippen LogP contribution is 2.56. The Balaban J connectivity index is 1.43. The number of benzene rings is 1. The molecule has 12 heteroatoms. The van der Waals surface area contributed by atoms with Gasteiger partial charge in [0.15, 0.2) is 5.82 Å². The number of carbonyl (C=O) groups excluding carboxylic acids is 1. The first kappa shape index (κ1) is 29.1. The van der Waals surface area contributed by atoms with Crippen LogP contribution in [0.4, 0.5) is 14.6 Å². The number of methoxy groups -OCH3 is 1. The average molecular weight is 602 g/mol. The molecule has 2 aromatic heterocycles. The van der Waals surface area contributed by atoms with E-state index >= 15 is 8.78 Å². The van der Waals surface area contributed by atoms with Gasteiger partial charge in [-0.15, -0.1) is 0 Å². The zero-order valence-corrected chi connectivity index (χ0v) is 25.3. The van der Waals surface area contributed by atoms with Crippen molar-refractivity contribution in [2.75, 3.05) is 57.9 Å². The fourth-order valence-corrected chi connectivity index (χ4v) is 7.52. The molecule has 3 fully saturated rings. The molecular weight excluding hydrogens is 564 g/mol. The van der Waals surface area contributed by atoms with Gasteiger partial charge in [0, 0.05) is 74.0 Å². The summed E-state index contributed by atoms with van der Waals surface area (Å²) in [5.74, 6) is 0.479. The Morgan fingerprint density at radius 1 is 1.26 bits per heavy atom. The monoisotopic (exact) mass is 601 g/mol. The highest BCUT2D eigenvalue weighted by atomic mass is 35.5. The third kappa shape index (κ3) is 4.51. The number of piperazine rings is 1. The van der Waals surface area contributed by atoms with Gasteiger partial charge >= 0.3 is 0 Å². The van der Waals surface area contributed by atoms with Gasteiger partial charge in [-0.05, 0) is 51.3 Å². The number of amides is 1. The van der Waals surface area contributed by atoms with Crippen molar-refractivity contribution in [2.24, 2.45) is 5.41 Å². The van der Waals surface area contributed by atoms with Crippen molar-refractivity contribution in [1.82, 2.24) is 29.8 Å². The van der Waals surface area contributed by atoms with E-state index in [2.05, 4.69) is 16.8 Å². The van der Waals surface area contributed by atoms with E-state index in [1.54, 1.807) is 25.1 Å². The van der Waals surface area contributed by atoms with Crippen LogP contribution in [0.3, 0.4) is 0 Å². The average Bonchev–Trinajstić information content (AvgIpc) is 3.50. The van der Waals surface area contributed by atoms with Crippen LogP contribution in [-0.4, -0.2) is 101 Å². The SMILES string of the molecule is C=CC(=O)N1CC2(CC(n3nc(N4CCN(CCOC)C[C@]4(C)C(F)F)c(-c4c(Cl)c(C)cc5[nH]ncc45)c3C)C2)C1. The van der Waals surface area contributed by atoms with Gasteiger partial charge in [0.1, 0.15) is 5.54 Å². The standard InChI is InChI=1S/C30H38ClF2N7O2/c1-6-23(41)38-16-30(17-38)12-20(13-30)40-19(3)24(25-21-14-34-35-22(21)11-18(2)26(25)31)27(36-40)39-8-7-37(9-10-42-5)15-29(39,4)28(32)33/h6,11,14,20,28H,1,7-10,12-13,15-17H2,2-5H3,(H,34,35)/t29-/m1/s1. The van der Waals surface area contributed by atoms with Crippen LogP contribution in [0.25, 0.3) is 22.0 Å². The third-order valence-electron chi connectivity index (χ3n) is 9.61. The van der Waals surface area contributed by atoms with E-state index in [9.17, 15) is 4.79 Å². The number of rotatable bonds is 8. The molecule has 42 heavy (non-hydrogen) atoms. The number of aromatic amines is 1. The normalized spacial score (nSPS) is 22.7. The molecule has 1 amide bonds. The molecule has 1 N–H and O–H groups in total. The molecule has 1 atom stereocenters. The molecule has 0 bridgehead atoms. The molecule has 3 aromatic rings. The number of likely N-dealkylation sites (tertiary alicyclic amines) is 1. The molecule has 3 aliphatic rings. The van der Waals surface area contributed by atoms with Gasteiger partial charge in [-0.25, -0.2) is 8.78 Å². The number of nitrogens with one attached hydrogen (secondary N) is 1. The predicted octanol–water partition coefficient (Wildman–Crippen LogP) is 4.84. The van der Waals surface area contributed by atoms with E-state index < -0.39 is 12.0 Å². The zero-order valence-electron chi connectivity index (χ0n) is 24.6. The smallest absolute Gasteiger partial charge is 0.262 e. The van der Waals surface area contributed by atoms with E-state index in [1.165, 1.54) is 6.08 Å². The lowest BCUT2D eigenvalue weighted by Gasteiger charge is -2.58. The van der Waals surface area contributed by atoms with E-state index in [0.29, 0.717) is 50.2 Å².